The van der Waals surface area contributed by atoms with Gasteiger partial charge in [-0.2, -0.15) is 0 Å². The van der Waals surface area contributed by atoms with E-state index < -0.39 is 0 Å². The number of benzene rings is 6. The van der Waals surface area contributed by atoms with Gasteiger partial charge in [0.15, 0.2) is 0 Å². The monoisotopic (exact) mass is 537 g/mol. The minimum absolute atomic E-state index is 1.06. The van der Waals surface area contributed by atoms with Crippen LogP contribution in [0.5, 0.6) is 0 Å². The molecular formula is C36H29NP2. The van der Waals surface area contributed by atoms with E-state index >= 15 is 0 Å². The second-order valence-electron chi connectivity index (χ2n) is 9.49. The Bertz CT molecular complexity index is 1590. The zero-order valence-electron chi connectivity index (χ0n) is 21.5. The summed E-state index contributed by atoms with van der Waals surface area (Å²) in [6.07, 6.45) is 0. The topological polar surface area (TPSA) is 12.0 Å². The van der Waals surface area contributed by atoms with Crippen LogP contribution in [0.1, 0.15) is 0 Å². The third-order valence-electron chi connectivity index (χ3n) is 7.05. The zero-order chi connectivity index (χ0) is 26.6. The van der Waals surface area contributed by atoms with E-state index in [1.165, 1.54) is 44.5 Å². The number of anilines is 2. The van der Waals surface area contributed by atoms with Gasteiger partial charge in [0, 0.05) is 22.0 Å². The van der Waals surface area contributed by atoms with Crippen LogP contribution < -0.4 is 15.9 Å². The summed E-state index contributed by atoms with van der Waals surface area (Å²) in [4.78, 5) is 0. The lowest BCUT2D eigenvalue weighted by atomic mass is 9.93. The first-order chi connectivity index (χ1) is 19.2. The Kier molecular flexibility index (Phi) is 7.38. The normalized spacial score (nSPS) is 10.8. The van der Waals surface area contributed by atoms with Gasteiger partial charge in [-0.3, -0.25) is 0 Å². The minimum Gasteiger partial charge on any atom is -0.354 e. The molecule has 39 heavy (non-hydrogen) atoms. The molecule has 2 atom stereocenters. The molecule has 2 unspecified atom stereocenters. The van der Waals surface area contributed by atoms with Crippen LogP contribution in [-0.4, -0.2) is 0 Å². The predicted octanol–water partition coefficient (Wildman–Crippen LogP) is 9.10. The van der Waals surface area contributed by atoms with Crippen LogP contribution in [-0.2, 0) is 0 Å². The highest BCUT2D eigenvalue weighted by molar-refractivity contribution is 7.29. The third-order valence-corrected chi connectivity index (χ3v) is 8.25. The average molecular weight is 538 g/mol. The smallest absolute Gasteiger partial charge is 0.0463 e. The van der Waals surface area contributed by atoms with Gasteiger partial charge in [0.1, 0.15) is 0 Å². The summed E-state index contributed by atoms with van der Waals surface area (Å²) in [5.41, 5.74) is 11.8. The molecule has 0 radical (unpaired) electrons. The largest absolute Gasteiger partial charge is 0.354 e. The van der Waals surface area contributed by atoms with Crippen LogP contribution >= 0.6 is 18.5 Å². The SMILES string of the molecule is Pc1c(Nc2ccc(-c3ccccc3)c(-c3ccccc3)c2P)ccc(-c2ccccc2)c1-c1ccccc1. The molecule has 0 aliphatic carbocycles. The molecule has 188 valence electrons. The van der Waals surface area contributed by atoms with E-state index in [-0.39, 0.29) is 0 Å². The second kappa shape index (κ2) is 11.4. The lowest BCUT2D eigenvalue weighted by molar-refractivity contribution is 1.55. The fourth-order valence-electron chi connectivity index (χ4n) is 5.15. The van der Waals surface area contributed by atoms with Crippen molar-refractivity contribution in [1.82, 2.24) is 0 Å². The van der Waals surface area contributed by atoms with Gasteiger partial charge in [-0.05, 0) is 56.6 Å². The highest BCUT2D eigenvalue weighted by atomic mass is 31.0. The number of hydrogen-bond acceptors (Lipinski definition) is 1. The van der Waals surface area contributed by atoms with Crippen molar-refractivity contribution < 1.29 is 0 Å². The summed E-state index contributed by atoms with van der Waals surface area (Å²) in [7, 11) is 6.01. The van der Waals surface area contributed by atoms with Gasteiger partial charge < -0.3 is 5.32 Å². The van der Waals surface area contributed by atoms with Crippen molar-refractivity contribution in [1.29, 1.82) is 0 Å². The molecule has 0 saturated heterocycles. The van der Waals surface area contributed by atoms with Gasteiger partial charge in [0.2, 0.25) is 0 Å². The van der Waals surface area contributed by atoms with Crippen LogP contribution in [0.2, 0.25) is 0 Å². The maximum absolute atomic E-state index is 3.78. The van der Waals surface area contributed by atoms with Crippen molar-refractivity contribution in [3.05, 3.63) is 146 Å². The molecule has 1 nitrogen and oxygen atoms in total. The molecule has 0 fully saturated rings. The van der Waals surface area contributed by atoms with E-state index in [9.17, 15) is 0 Å². The lowest BCUT2D eigenvalue weighted by Crippen LogP contribution is -2.12. The zero-order valence-corrected chi connectivity index (χ0v) is 23.8. The van der Waals surface area contributed by atoms with E-state index in [2.05, 4.69) is 169 Å². The fourth-order valence-corrected chi connectivity index (χ4v) is 6.13. The highest BCUT2D eigenvalue weighted by Crippen LogP contribution is 2.37. The molecule has 6 aromatic carbocycles. The Morgan fingerprint density at radius 2 is 0.641 bits per heavy atom. The molecule has 0 spiro atoms. The van der Waals surface area contributed by atoms with Crippen molar-refractivity contribution >= 4 is 40.5 Å². The molecule has 6 rings (SSSR count). The van der Waals surface area contributed by atoms with Crippen LogP contribution in [0.25, 0.3) is 44.5 Å². The van der Waals surface area contributed by atoms with Gasteiger partial charge >= 0.3 is 0 Å². The summed E-state index contributed by atoms with van der Waals surface area (Å²) < 4.78 is 0. The standard InChI is InChI=1S/C36H29NP2/c38-35-31(23-21-29(25-13-5-1-6-14-25)33(35)27-17-9-3-10-18-27)37-32-24-22-30(26-15-7-2-8-16-26)34(36(32)39)28-19-11-4-12-20-28/h1-24,37H,38-39H2. The van der Waals surface area contributed by atoms with E-state index in [1.54, 1.807) is 0 Å². The quantitative estimate of drug-likeness (QED) is 0.209. The summed E-state index contributed by atoms with van der Waals surface area (Å²) >= 11 is 0. The fraction of sp³-hybridized carbons (Fsp3) is 0. The van der Waals surface area contributed by atoms with Gasteiger partial charge in [0.25, 0.3) is 0 Å². The van der Waals surface area contributed by atoms with Crippen molar-refractivity contribution in [2.45, 2.75) is 0 Å². The summed E-state index contributed by atoms with van der Waals surface area (Å²) in [5, 5.41) is 6.05. The first-order valence-corrected chi connectivity index (χ1v) is 14.2. The molecule has 0 bridgehead atoms. The molecule has 3 heteroatoms. The van der Waals surface area contributed by atoms with Crippen LogP contribution in [0, 0.1) is 0 Å². The summed E-state index contributed by atoms with van der Waals surface area (Å²) in [6, 6.07) is 51.3. The van der Waals surface area contributed by atoms with Crippen LogP contribution in [0.4, 0.5) is 11.4 Å². The molecule has 6 aromatic rings. The van der Waals surface area contributed by atoms with E-state index in [0.29, 0.717) is 0 Å². The van der Waals surface area contributed by atoms with E-state index in [4.69, 9.17) is 0 Å². The molecule has 1 N–H and O–H groups in total. The van der Waals surface area contributed by atoms with E-state index in [0.717, 1.165) is 22.0 Å². The molecule has 0 heterocycles. The third kappa shape index (κ3) is 5.17. The van der Waals surface area contributed by atoms with Gasteiger partial charge in [-0.15, -0.1) is 18.5 Å². The summed E-state index contributed by atoms with van der Waals surface area (Å²) in [5.74, 6) is 0. The Labute approximate surface area is 235 Å². The van der Waals surface area contributed by atoms with Gasteiger partial charge in [-0.1, -0.05) is 133 Å². The molecule has 0 aromatic heterocycles. The average Bonchev–Trinajstić information content (AvgIpc) is 3.00. The van der Waals surface area contributed by atoms with Gasteiger partial charge in [0.05, 0.1) is 0 Å². The summed E-state index contributed by atoms with van der Waals surface area (Å²) in [6.45, 7) is 0. The maximum Gasteiger partial charge on any atom is 0.0463 e. The van der Waals surface area contributed by atoms with Crippen LogP contribution in [0.15, 0.2) is 146 Å². The van der Waals surface area contributed by atoms with Crippen LogP contribution in [0.3, 0.4) is 0 Å². The molecule has 0 aliphatic rings. The highest BCUT2D eigenvalue weighted by Gasteiger charge is 2.17. The molecule has 0 saturated carbocycles. The van der Waals surface area contributed by atoms with Crippen molar-refractivity contribution in [2.24, 2.45) is 0 Å². The van der Waals surface area contributed by atoms with E-state index in [1.807, 2.05) is 0 Å². The van der Waals surface area contributed by atoms with Crippen molar-refractivity contribution in [2.75, 3.05) is 5.32 Å². The Balaban J connectivity index is 1.49. The second-order valence-corrected chi connectivity index (χ2v) is 10.6. The number of hydrogen-bond donors (Lipinski definition) is 1. The molecule has 0 amide bonds. The molecular weight excluding hydrogens is 508 g/mol. The molecule has 0 aliphatic heterocycles. The Morgan fingerprint density at radius 3 is 0.974 bits per heavy atom. The Hall–Kier alpha value is -4.02. The van der Waals surface area contributed by atoms with Crippen molar-refractivity contribution in [3.63, 3.8) is 0 Å². The minimum atomic E-state index is 1.06. The first kappa shape index (κ1) is 25.3. The number of rotatable bonds is 6. The van der Waals surface area contributed by atoms with Crippen molar-refractivity contribution in [3.8, 4) is 44.5 Å². The predicted molar refractivity (Wildman–Crippen MR) is 177 cm³/mol. The number of nitrogens with one attached hydrogen (secondary N) is 1. The maximum atomic E-state index is 3.78. The first-order valence-electron chi connectivity index (χ1n) is 13.0. The Morgan fingerprint density at radius 1 is 0.333 bits per heavy atom. The lowest BCUT2D eigenvalue weighted by Gasteiger charge is -2.21. The van der Waals surface area contributed by atoms with Gasteiger partial charge in [-0.25, -0.2) is 0 Å².